The first-order chi connectivity index (χ1) is 7.91. The molecule has 0 aromatic carbocycles. The van der Waals surface area contributed by atoms with Gasteiger partial charge in [-0.1, -0.05) is 0 Å². The molecule has 1 atom stereocenters. The van der Waals surface area contributed by atoms with Gasteiger partial charge in [-0.25, -0.2) is 14.8 Å². The summed E-state index contributed by atoms with van der Waals surface area (Å²) in [6, 6.07) is -1.25. The van der Waals surface area contributed by atoms with Gasteiger partial charge >= 0.3 is 12.1 Å². The highest BCUT2D eigenvalue weighted by Crippen LogP contribution is 2.13. The summed E-state index contributed by atoms with van der Waals surface area (Å²) in [5, 5.41) is 29.4. The molecule has 0 radical (unpaired) electrons. The number of carbonyl (C=O) groups is 2. The van der Waals surface area contributed by atoms with E-state index < -0.39 is 24.2 Å². The normalized spacial score (nSPS) is 19.9. The van der Waals surface area contributed by atoms with Crippen molar-refractivity contribution >= 4 is 12.1 Å². The Bertz CT molecular complexity index is 290. The predicted octanol–water partition coefficient (Wildman–Crippen LogP) is -1.25. The van der Waals surface area contributed by atoms with Gasteiger partial charge < -0.3 is 21.1 Å². The largest absolute Gasteiger partial charge is 0.480 e. The molecule has 0 aliphatic carbocycles. The van der Waals surface area contributed by atoms with Gasteiger partial charge in [0.1, 0.15) is 6.04 Å². The van der Waals surface area contributed by atoms with E-state index in [1.165, 1.54) is 5.01 Å². The molecule has 1 aliphatic heterocycles. The smallest absolute Gasteiger partial charge is 0.422 e. The molecule has 0 unspecified atom stereocenters. The van der Waals surface area contributed by atoms with Gasteiger partial charge in [-0.3, -0.25) is 4.79 Å². The molecule has 1 rings (SSSR count). The van der Waals surface area contributed by atoms with Crippen molar-refractivity contribution in [2.45, 2.75) is 25.0 Å². The highest BCUT2D eigenvalue weighted by Gasteiger charge is 2.28. The number of carboxylic acid groups (broad SMARTS) is 2. The number of amides is 1. The number of aliphatic hydroxyl groups excluding tert-OH is 1. The maximum Gasteiger partial charge on any atom is 0.422 e. The van der Waals surface area contributed by atoms with Crippen molar-refractivity contribution in [2.75, 3.05) is 19.6 Å². The molecule has 1 saturated heterocycles. The monoisotopic (exact) mass is 247 g/mol. The summed E-state index contributed by atoms with van der Waals surface area (Å²) in [4.78, 5) is 21.6. The molecule has 98 valence electrons. The molecule has 8 heteroatoms. The van der Waals surface area contributed by atoms with E-state index in [0.29, 0.717) is 25.9 Å². The van der Waals surface area contributed by atoms with E-state index in [4.69, 9.17) is 15.9 Å². The lowest BCUT2D eigenvalue weighted by Gasteiger charge is -2.37. The SMILES string of the molecule is N[C@@H](CN(C(=O)O)N1CCC(O)CC1)C(=O)O. The summed E-state index contributed by atoms with van der Waals surface area (Å²) in [5.74, 6) is -1.24. The summed E-state index contributed by atoms with van der Waals surface area (Å²) in [6.45, 7) is 0.459. The third-order valence-corrected chi connectivity index (χ3v) is 2.69. The molecule has 0 saturated carbocycles. The second kappa shape index (κ2) is 5.80. The maximum absolute atomic E-state index is 11.0. The Kier molecular flexibility index (Phi) is 4.67. The van der Waals surface area contributed by atoms with Gasteiger partial charge in [-0.15, -0.1) is 0 Å². The van der Waals surface area contributed by atoms with E-state index in [1.54, 1.807) is 0 Å². The fourth-order valence-corrected chi connectivity index (χ4v) is 1.67. The molecule has 8 nitrogen and oxygen atoms in total. The van der Waals surface area contributed by atoms with Crippen LogP contribution in [-0.2, 0) is 4.79 Å². The first-order valence-corrected chi connectivity index (χ1v) is 5.33. The van der Waals surface area contributed by atoms with Crippen LogP contribution in [0.4, 0.5) is 4.79 Å². The average molecular weight is 247 g/mol. The van der Waals surface area contributed by atoms with Crippen LogP contribution in [0.2, 0.25) is 0 Å². The zero-order valence-electron chi connectivity index (χ0n) is 9.32. The number of aliphatic hydroxyl groups is 1. The number of rotatable bonds is 4. The highest BCUT2D eigenvalue weighted by atomic mass is 16.4. The van der Waals surface area contributed by atoms with Gasteiger partial charge in [0.25, 0.3) is 0 Å². The fourth-order valence-electron chi connectivity index (χ4n) is 1.67. The summed E-state index contributed by atoms with van der Waals surface area (Å²) in [7, 11) is 0. The van der Waals surface area contributed by atoms with E-state index in [9.17, 15) is 14.7 Å². The fraction of sp³-hybridized carbons (Fsp3) is 0.778. The van der Waals surface area contributed by atoms with Gasteiger partial charge in [0, 0.05) is 13.1 Å². The third kappa shape index (κ3) is 3.84. The standard InChI is InChI=1S/C9H17N3O5/c10-7(8(14)15)5-12(9(16)17)11-3-1-6(13)2-4-11/h6-7,13H,1-5,10H2,(H,14,15)(H,16,17)/t7-/m0/s1. The van der Waals surface area contributed by atoms with Gasteiger partial charge in [-0.2, -0.15) is 0 Å². The number of piperidine rings is 1. The van der Waals surface area contributed by atoms with Crippen LogP contribution in [0.25, 0.3) is 0 Å². The van der Waals surface area contributed by atoms with Crippen molar-refractivity contribution in [1.82, 2.24) is 10.0 Å². The second-order valence-corrected chi connectivity index (χ2v) is 3.99. The Morgan fingerprint density at radius 3 is 2.29 bits per heavy atom. The topological polar surface area (TPSA) is 127 Å². The average Bonchev–Trinajstić information content (AvgIpc) is 2.26. The molecule has 1 amide bonds. The first kappa shape index (κ1) is 13.7. The van der Waals surface area contributed by atoms with Crippen LogP contribution < -0.4 is 5.73 Å². The quantitative estimate of drug-likeness (QED) is 0.488. The van der Waals surface area contributed by atoms with E-state index >= 15 is 0 Å². The molecule has 1 heterocycles. The minimum atomic E-state index is -1.25. The van der Waals surface area contributed by atoms with Crippen molar-refractivity contribution in [2.24, 2.45) is 5.73 Å². The van der Waals surface area contributed by atoms with Gasteiger partial charge in [0.2, 0.25) is 0 Å². The highest BCUT2D eigenvalue weighted by molar-refractivity contribution is 5.74. The van der Waals surface area contributed by atoms with Crippen molar-refractivity contribution in [3.63, 3.8) is 0 Å². The molecule has 0 aromatic rings. The number of hydrazine groups is 1. The van der Waals surface area contributed by atoms with Crippen molar-refractivity contribution in [3.05, 3.63) is 0 Å². The molecule has 5 N–H and O–H groups in total. The Labute approximate surface area is 98.2 Å². The number of nitrogens with two attached hydrogens (primary N) is 1. The molecule has 0 bridgehead atoms. The minimum Gasteiger partial charge on any atom is -0.480 e. The van der Waals surface area contributed by atoms with E-state index in [1.807, 2.05) is 0 Å². The van der Waals surface area contributed by atoms with E-state index in [-0.39, 0.29) is 6.54 Å². The van der Waals surface area contributed by atoms with Gasteiger partial charge in [-0.05, 0) is 12.8 Å². The molecule has 1 aliphatic rings. The van der Waals surface area contributed by atoms with Crippen molar-refractivity contribution in [3.8, 4) is 0 Å². The number of hydrogen-bond acceptors (Lipinski definition) is 5. The van der Waals surface area contributed by atoms with Gasteiger partial charge in [0.05, 0.1) is 12.6 Å². The lowest BCUT2D eigenvalue weighted by Crippen LogP contribution is -2.55. The molecular weight excluding hydrogens is 230 g/mol. The van der Waals surface area contributed by atoms with Crippen LogP contribution in [0.15, 0.2) is 0 Å². The van der Waals surface area contributed by atoms with Gasteiger partial charge in [0.15, 0.2) is 0 Å². The number of aliphatic carboxylic acids is 1. The summed E-state index contributed by atoms with van der Waals surface area (Å²) in [5.41, 5.74) is 5.31. The van der Waals surface area contributed by atoms with Crippen LogP contribution in [0.1, 0.15) is 12.8 Å². The summed E-state index contributed by atoms with van der Waals surface area (Å²) in [6.07, 6.45) is -0.730. The lowest BCUT2D eigenvalue weighted by molar-refractivity contribution is -0.140. The predicted molar refractivity (Wildman–Crippen MR) is 57.2 cm³/mol. The van der Waals surface area contributed by atoms with E-state index in [0.717, 1.165) is 5.01 Å². The first-order valence-electron chi connectivity index (χ1n) is 5.33. The number of hydrogen-bond donors (Lipinski definition) is 4. The number of nitrogens with zero attached hydrogens (tertiary/aromatic N) is 2. The van der Waals surface area contributed by atoms with Crippen LogP contribution >= 0.6 is 0 Å². The zero-order valence-corrected chi connectivity index (χ0v) is 9.32. The van der Waals surface area contributed by atoms with Crippen molar-refractivity contribution < 1.29 is 24.9 Å². The van der Waals surface area contributed by atoms with Crippen LogP contribution in [0.3, 0.4) is 0 Å². The molecule has 1 fully saturated rings. The molecular formula is C9H17N3O5. The lowest BCUT2D eigenvalue weighted by atomic mass is 10.1. The Hall–Kier alpha value is -1.38. The van der Waals surface area contributed by atoms with Crippen molar-refractivity contribution in [1.29, 1.82) is 0 Å². The Morgan fingerprint density at radius 2 is 1.88 bits per heavy atom. The molecule has 17 heavy (non-hydrogen) atoms. The van der Waals surface area contributed by atoms with E-state index in [2.05, 4.69) is 0 Å². The summed E-state index contributed by atoms with van der Waals surface area (Å²) < 4.78 is 0. The maximum atomic E-state index is 11.0. The van der Waals surface area contributed by atoms with Crippen LogP contribution in [0.5, 0.6) is 0 Å². The molecule has 0 aromatic heterocycles. The summed E-state index contributed by atoms with van der Waals surface area (Å²) >= 11 is 0. The van der Waals surface area contributed by atoms with Crippen LogP contribution in [0, 0.1) is 0 Å². The second-order valence-electron chi connectivity index (χ2n) is 3.99. The third-order valence-electron chi connectivity index (χ3n) is 2.69. The number of carboxylic acids is 1. The Balaban J connectivity index is 2.60. The zero-order chi connectivity index (χ0) is 13.0. The molecule has 0 spiro atoms. The van der Waals surface area contributed by atoms with Crippen LogP contribution in [-0.4, -0.2) is 69.2 Å². The minimum absolute atomic E-state index is 0.291. The Morgan fingerprint density at radius 1 is 1.35 bits per heavy atom.